The standard InChI is InChI=1S/C11H23N3O2/c1-3-13-6-8-14(9-7-13)5-4-10(12-2)11(15)16/h10,12H,3-9H2,1-2H3,(H,15,16). The van der Waals surface area contributed by atoms with Gasteiger partial charge in [-0.1, -0.05) is 6.92 Å². The molecule has 0 aliphatic carbocycles. The van der Waals surface area contributed by atoms with Gasteiger partial charge in [0.15, 0.2) is 0 Å². The van der Waals surface area contributed by atoms with Crippen LogP contribution in [0.2, 0.25) is 0 Å². The van der Waals surface area contributed by atoms with Crippen LogP contribution >= 0.6 is 0 Å². The number of hydrogen-bond donors (Lipinski definition) is 2. The summed E-state index contributed by atoms with van der Waals surface area (Å²) in [5.74, 6) is -0.755. The number of carboxylic acids is 1. The fourth-order valence-corrected chi connectivity index (χ4v) is 2.03. The number of likely N-dealkylation sites (N-methyl/N-ethyl adjacent to an activating group) is 2. The molecule has 0 aromatic carbocycles. The first-order chi connectivity index (χ1) is 7.67. The maximum Gasteiger partial charge on any atom is 0.320 e. The molecular formula is C11H23N3O2. The summed E-state index contributed by atoms with van der Waals surface area (Å²) in [6.45, 7) is 8.49. The molecule has 1 unspecified atom stereocenters. The van der Waals surface area contributed by atoms with E-state index in [1.807, 2.05) is 0 Å². The summed E-state index contributed by atoms with van der Waals surface area (Å²) in [6, 6.07) is -0.413. The zero-order chi connectivity index (χ0) is 12.0. The van der Waals surface area contributed by atoms with Gasteiger partial charge in [-0.05, 0) is 20.0 Å². The van der Waals surface area contributed by atoms with Gasteiger partial charge in [0.1, 0.15) is 6.04 Å². The third-order valence-electron chi connectivity index (χ3n) is 3.29. The number of nitrogens with one attached hydrogen (secondary N) is 1. The first kappa shape index (κ1) is 13.4. The second kappa shape index (κ2) is 6.83. The van der Waals surface area contributed by atoms with E-state index in [0.29, 0.717) is 6.42 Å². The Morgan fingerprint density at radius 1 is 1.31 bits per heavy atom. The summed E-state index contributed by atoms with van der Waals surface area (Å²) in [6.07, 6.45) is 0.679. The lowest BCUT2D eigenvalue weighted by molar-refractivity contribution is -0.139. The zero-order valence-electron chi connectivity index (χ0n) is 10.3. The van der Waals surface area contributed by atoms with E-state index >= 15 is 0 Å². The number of carbonyl (C=O) groups is 1. The van der Waals surface area contributed by atoms with Crippen LogP contribution in [-0.4, -0.2) is 73.2 Å². The highest BCUT2D eigenvalue weighted by atomic mass is 16.4. The fourth-order valence-electron chi connectivity index (χ4n) is 2.03. The van der Waals surface area contributed by atoms with E-state index in [0.717, 1.165) is 39.3 Å². The molecule has 16 heavy (non-hydrogen) atoms. The quantitative estimate of drug-likeness (QED) is 0.654. The normalized spacial score (nSPS) is 20.9. The number of hydrogen-bond acceptors (Lipinski definition) is 4. The van der Waals surface area contributed by atoms with Gasteiger partial charge in [0.05, 0.1) is 0 Å². The molecule has 1 saturated heterocycles. The van der Waals surface area contributed by atoms with Gasteiger partial charge in [-0.3, -0.25) is 4.79 Å². The zero-order valence-corrected chi connectivity index (χ0v) is 10.3. The predicted molar refractivity (Wildman–Crippen MR) is 63.7 cm³/mol. The molecule has 0 spiro atoms. The van der Waals surface area contributed by atoms with Gasteiger partial charge in [-0.2, -0.15) is 0 Å². The van der Waals surface area contributed by atoms with E-state index in [4.69, 9.17) is 5.11 Å². The van der Waals surface area contributed by atoms with E-state index in [2.05, 4.69) is 22.0 Å². The van der Waals surface area contributed by atoms with Crippen LogP contribution in [-0.2, 0) is 4.79 Å². The summed E-state index contributed by atoms with van der Waals surface area (Å²) in [4.78, 5) is 15.6. The van der Waals surface area contributed by atoms with Crippen molar-refractivity contribution in [1.82, 2.24) is 15.1 Å². The van der Waals surface area contributed by atoms with Gasteiger partial charge < -0.3 is 20.2 Å². The molecule has 1 heterocycles. The molecule has 0 saturated carbocycles. The SMILES string of the molecule is CCN1CCN(CCC(NC)C(=O)O)CC1. The molecule has 1 aliphatic rings. The van der Waals surface area contributed by atoms with Crippen molar-refractivity contribution in [1.29, 1.82) is 0 Å². The second-order valence-electron chi connectivity index (χ2n) is 4.24. The van der Waals surface area contributed by atoms with Crippen LogP contribution < -0.4 is 5.32 Å². The van der Waals surface area contributed by atoms with Crippen molar-refractivity contribution in [3.63, 3.8) is 0 Å². The monoisotopic (exact) mass is 229 g/mol. The lowest BCUT2D eigenvalue weighted by atomic mass is 10.2. The van der Waals surface area contributed by atoms with E-state index in [-0.39, 0.29) is 0 Å². The number of nitrogens with zero attached hydrogens (tertiary/aromatic N) is 2. The molecule has 5 nitrogen and oxygen atoms in total. The highest BCUT2D eigenvalue weighted by Gasteiger charge is 2.19. The van der Waals surface area contributed by atoms with Crippen LogP contribution in [0, 0.1) is 0 Å². The van der Waals surface area contributed by atoms with Crippen LogP contribution in [0.25, 0.3) is 0 Å². The largest absolute Gasteiger partial charge is 0.480 e. The smallest absolute Gasteiger partial charge is 0.320 e. The minimum absolute atomic E-state index is 0.413. The molecule has 1 atom stereocenters. The van der Waals surface area contributed by atoms with E-state index < -0.39 is 12.0 Å². The first-order valence-corrected chi connectivity index (χ1v) is 6.02. The highest BCUT2D eigenvalue weighted by molar-refractivity contribution is 5.73. The van der Waals surface area contributed by atoms with E-state index in [1.54, 1.807) is 7.05 Å². The molecule has 94 valence electrons. The first-order valence-electron chi connectivity index (χ1n) is 6.02. The predicted octanol–water partition coefficient (Wildman–Crippen LogP) is -0.313. The molecule has 1 fully saturated rings. The average molecular weight is 229 g/mol. The molecule has 2 N–H and O–H groups in total. The Morgan fingerprint density at radius 2 is 1.88 bits per heavy atom. The Kier molecular flexibility index (Phi) is 5.73. The summed E-state index contributed by atoms with van der Waals surface area (Å²) in [5.41, 5.74) is 0. The summed E-state index contributed by atoms with van der Waals surface area (Å²) >= 11 is 0. The molecule has 5 heteroatoms. The van der Waals surface area contributed by atoms with Crippen molar-refractivity contribution < 1.29 is 9.90 Å². The number of carboxylic acid groups (broad SMARTS) is 1. The summed E-state index contributed by atoms with van der Waals surface area (Å²) in [7, 11) is 1.70. The Bertz CT molecular complexity index is 215. The van der Waals surface area contributed by atoms with Crippen molar-refractivity contribution in [2.75, 3.05) is 46.3 Å². The molecule has 0 radical (unpaired) electrons. The van der Waals surface area contributed by atoms with Gasteiger partial charge in [0.25, 0.3) is 0 Å². The Balaban J connectivity index is 2.21. The van der Waals surface area contributed by atoms with Crippen molar-refractivity contribution in [3.05, 3.63) is 0 Å². The Labute approximate surface area is 97.4 Å². The highest BCUT2D eigenvalue weighted by Crippen LogP contribution is 2.03. The van der Waals surface area contributed by atoms with E-state index in [1.165, 1.54) is 0 Å². The number of rotatable bonds is 6. The third kappa shape index (κ3) is 4.08. The van der Waals surface area contributed by atoms with Crippen molar-refractivity contribution in [2.24, 2.45) is 0 Å². The summed E-state index contributed by atoms with van der Waals surface area (Å²) in [5, 5.41) is 11.7. The van der Waals surface area contributed by atoms with Crippen LogP contribution in [0.15, 0.2) is 0 Å². The number of aliphatic carboxylic acids is 1. The molecule has 1 aliphatic heterocycles. The lowest BCUT2D eigenvalue weighted by Crippen LogP contribution is -2.47. The van der Waals surface area contributed by atoms with E-state index in [9.17, 15) is 4.79 Å². The molecule has 0 bridgehead atoms. The number of piperazine rings is 1. The van der Waals surface area contributed by atoms with Crippen LogP contribution in [0.1, 0.15) is 13.3 Å². The van der Waals surface area contributed by atoms with Gasteiger partial charge in [-0.15, -0.1) is 0 Å². The van der Waals surface area contributed by atoms with Gasteiger partial charge in [0.2, 0.25) is 0 Å². The van der Waals surface area contributed by atoms with Gasteiger partial charge >= 0.3 is 5.97 Å². The molecule has 0 aromatic heterocycles. The lowest BCUT2D eigenvalue weighted by Gasteiger charge is -2.34. The summed E-state index contributed by atoms with van der Waals surface area (Å²) < 4.78 is 0. The Hall–Kier alpha value is -0.650. The average Bonchev–Trinajstić information content (AvgIpc) is 2.30. The maximum atomic E-state index is 10.8. The molecular weight excluding hydrogens is 206 g/mol. The second-order valence-corrected chi connectivity index (χ2v) is 4.24. The van der Waals surface area contributed by atoms with Gasteiger partial charge in [0, 0.05) is 32.7 Å². The van der Waals surface area contributed by atoms with Crippen LogP contribution in [0.5, 0.6) is 0 Å². The Morgan fingerprint density at radius 3 is 2.31 bits per heavy atom. The minimum Gasteiger partial charge on any atom is -0.480 e. The third-order valence-corrected chi connectivity index (χ3v) is 3.29. The maximum absolute atomic E-state index is 10.8. The van der Waals surface area contributed by atoms with Crippen molar-refractivity contribution in [3.8, 4) is 0 Å². The van der Waals surface area contributed by atoms with Gasteiger partial charge in [-0.25, -0.2) is 0 Å². The van der Waals surface area contributed by atoms with Crippen molar-refractivity contribution in [2.45, 2.75) is 19.4 Å². The minimum atomic E-state index is -0.755. The topological polar surface area (TPSA) is 55.8 Å². The molecule has 0 amide bonds. The molecule has 1 rings (SSSR count). The van der Waals surface area contributed by atoms with Crippen molar-refractivity contribution >= 4 is 5.97 Å². The molecule has 0 aromatic rings. The van der Waals surface area contributed by atoms with Crippen LogP contribution in [0.3, 0.4) is 0 Å². The fraction of sp³-hybridized carbons (Fsp3) is 0.909. The van der Waals surface area contributed by atoms with Crippen LogP contribution in [0.4, 0.5) is 0 Å².